The third-order valence-electron chi connectivity index (χ3n) is 5.40. The van der Waals surface area contributed by atoms with Crippen LogP contribution in [0.3, 0.4) is 0 Å². The molecule has 0 aliphatic heterocycles. The van der Waals surface area contributed by atoms with Crippen LogP contribution in [0.5, 0.6) is 0 Å². The van der Waals surface area contributed by atoms with Crippen LogP contribution in [0.1, 0.15) is 17.0 Å². The smallest absolute Gasteiger partial charge is 0.394 e. The highest BCUT2D eigenvalue weighted by Gasteiger charge is 2.59. The first-order chi connectivity index (χ1) is 16.5. The molecular weight excluding hydrogens is 538 g/mol. The van der Waals surface area contributed by atoms with E-state index in [9.17, 15) is 33.0 Å². The Hall–Kier alpha value is -3.31. The second-order valence-electron chi connectivity index (χ2n) is 7.66. The first-order valence-electron chi connectivity index (χ1n) is 10.00. The van der Waals surface area contributed by atoms with E-state index in [1.807, 2.05) is 0 Å². The fourth-order valence-corrected chi connectivity index (χ4v) is 4.39. The van der Waals surface area contributed by atoms with E-state index in [-0.39, 0.29) is 5.39 Å². The number of hydrogen-bond donors (Lipinski definition) is 3. The van der Waals surface area contributed by atoms with Crippen LogP contribution in [0.25, 0.3) is 16.6 Å². The minimum absolute atomic E-state index is 0.243. The van der Waals surface area contributed by atoms with Crippen molar-refractivity contribution in [3.05, 3.63) is 75.9 Å². The number of benzene rings is 2. The minimum atomic E-state index is -5.29. The minimum Gasteiger partial charge on any atom is -0.394 e. The number of rotatable bonds is 6. The maximum Gasteiger partial charge on any atom is 0.427 e. The zero-order chi connectivity index (χ0) is 25.5. The highest BCUT2D eigenvalue weighted by atomic mass is 79.9. The van der Waals surface area contributed by atoms with Crippen molar-refractivity contribution < 1.29 is 32.9 Å². The molecule has 2 atom stereocenters. The van der Waals surface area contributed by atoms with Crippen LogP contribution in [-0.4, -0.2) is 53.8 Å². The lowest BCUT2D eigenvalue weighted by Gasteiger charge is -2.32. The second-order valence-corrected chi connectivity index (χ2v) is 8.45. The first kappa shape index (κ1) is 24.8. The average molecular weight is 554 g/mol. The first-order valence-corrected chi connectivity index (χ1v) is 10.8. The molecule has 8 nitrogen and oxygen atoms in total. The molecule has 0 aliphatic rings. The topological polar surface area (TPSA) is 120 Å². The Morgan fingerprint density at radius 2 is 1.83 bits per heavy atom. The molecule has 35 heavy (non-hydrogen) atoms. The molecule has 4 aromatic rings. The number of nitriles is 1. The Kier molecular flexibility index (Phi) is 6.41. The van der Waals surface area contributed by atoms with E-state index in [4.69, 9.17) is 5.11 Å². The molecule has 2 aromatic carbocycles. The summed E-state index contributed by atoms with van der Waals surface area (Å²) in [5, 5.41) is 47.6. The summed E-state index contributed by atoms with van der Waals surface area (Å²) in [5.41, 5.74) is -4.67. The van der Waals surface area contributed by atoms with Crippen molar-refractivity contribution in [3.8, 4) is 11.8 Å². The van der Waals surface area contributed by atoms with Gasteiger partial charge in [-0.25, -0.2) is 9.07 Å². The van der Waals surface area contributed by atoms with Crippen molar-refractivity contribution >= 4 is 26.8 Å². The summed E-state index contributed by atoms with van der Waals surface area (Å²) in [7, 11) is 0. The molecule has 0 amide bonds. The SMILES string of the molecule is N#Cc1nn(CC(O)CO)c(C(O)(c2ccc3c(cnn3-c3ccc(F)cc3)c2)C(F)(F)F)c1Br. The molecule has 2 aromatic heterocycles. The number of nitrogens with zero attached hydrogens (tertiary/aromatic N) is 5. The van der Waals surface area contributed by atoms with Gasteiger partial charge in [0.1, 0.15) is 11.9 Å². The number of aliphatic hydroxyl groups is 3. The van der Waals surface area contributed by atoms with Crippen molar-refractivity contribution in [2.24, 2.45) is 0 Å². The molecule has 0 radical (unpaired) electrons. The lowest BCUT2D eigenvalue weighted by molar-refractivity contribution is -0.251. The Balaban J connectivity index is 1.92. The van der Waals surface area contributed by atoms with Crippen LogP contribution in [0.4, 0.5) is 17.6 Å². The number of aromatic nitrogens is 4. The summed E-state index contributed by atoms with van der Waals surface area (Å²) in [5.74, 6) is -0.465. The maximum absolute atomic E-state index is 14.5. The van der Waals surface area contributed by atoms with Crippen molar-refractivity contribution in [1.82, 2.24) is 19.6 Å². The Morgan fingerprint density at radius 3 is 2.43 bits per heavy atom. The van der Waals surface area contributed by atoms with E-state index in [1.54, 1.807) is 6.07 Å². The van der Waals surface area contributed by atoms with Crippen LogP contribution >= 0.6 is 15.9 Å². The van der Waals surface area contributed by atoms with E-state index in [2.05, 4.69) is 26.1 Å². The zero-order valence-corrected chi connectivity index (χ0v) is 19.2. The van der Waals surface area contributed by atoms with Gasteiger partial charge >= 0.3 is 6.18 Å². The fraction of sp³-hybridized carbons (Fsp3) is 0.227. The Labute approximate surface area is 203 Å². The molecule has 3 N–H and O–H groups in total. The number of alkyl halides is 3. The van der Waals surface area contributed by atoms with Gasteiger partial charge in [-0.15, -0.1) is 0 Å². The summed E-state index contributed by atoms with van der Waals surface area (Å²) in [4.78, 5) is 0. The molecule has 13 heteroatoms. The lowest BCUT2D eigenvalue weighted by atomic mass is 9.88. The molecule has 0 fully saturated rings. The molecule has 182 valence electrons. The fourth-order valence-electron chi connectivity index (χ4n) is 3.73. The molecule has 4 rings (SSSR count). The molecule has 0 bridgehead atoms. The standard InChI is InChI=1S/C22H16BrF4N5O3/c23-19-17(8-28)30-31(10-16(34)11-33)20(19)21(35,22(25,26)27)13-1-6-18-12(7-13)9-29-32(18)15-4-2-14(24)3-5-15/h1-7,9,16,33-35H,10-11H2. The summed E-state index contributed by atoms with van der Waals surface area (Å²) in [6.45, 7) is -1.40. The van der Waals surface area contributed by atoms with E-state index in [1.165, 1.54) is 41.2 Å². The van der Waals surface area contributed by atoms with Gasteiger partial charge in [0.2, 0.25) is 5.60 Å². The van der Waals surface area contributed by atoms with E-state index < -0.39 is 58.3 Å². The number of hydrogen-bond acceptors (Lipinski definition) is 6. The van der Waals surface area contributed by atoms with Crippen LogP contribution in [-0.2, 0) is 12.1 Å². The van der Waals surface area contributed by atoms with Gasteiger partial charge in [0.05, 0.1) is 46.8 Å². The van der Waals surface area contributed by atoms with Crippen molar-refractivity contribution in [3.63, 3.8) is 0 Å². The van der Waals surface area contributed by atoms with Gasteiger partial charge in [-0.2, -0.15) is 28.6 Å². The van der Waals surface area contributed by atoms with Gasteiger partial charge in [-0.3, -0.25) is 4.68 Å². The van der Waals surface area contributed by atoms with Crippen molar-refractivity contribution in [1.29, 1.82) is 5.26 Å². The molecule has 2 heterocycles. The monoisotopic (exact) mass is 553 g/mol. The molecule has 0 spiro atoms. The molecule has 0 aliphatic carbocycles. The molecular formula is C22H16BrF4N5O3. The van der Waals surface area contributed by atoms with Gasteiger partial charge in [-0.1, -0.05) is 6.07 Å². The van der Waals surface area contributed by atoms with Gasteiger partial charge in [-0.05, 0) is 57.9 Å². The highest BCUT2D eigenvalue weighted by molar-refractivity contribution is 9.10. The van der Waals surface area contributed by atoms with Gasteiger partial charge in [0, 0.05) is 5.39 Å². The maximum atomic E-state index is 14.5. The molecule has 2 unspecified atom stereocenters. The summed E-state index contributed by atoms with van der Waals surface area (Å²) >= 11 is 2.93. The third-order valence-corrected chi connectivity index (χ3v) is 6.16. The molecule has 0 saturated carbocycles. The normalized spacial score (nSPS) is 14.6. The average Bonchev–Trinajstić information content (AvgIpc) is 3.38. The quantitative estimate of drug-likeness (QED) is 0.315. The summed E-state index contributed by atoms with van der Waals surface area (Å²) < 4.78 is 58.4. The summed E-state index contributed by atoms with van der Waals surface area (Å²) in [6.07, 6.45) is -5.49. The number of aliphatic hydroxyl groups excluding tert-OH is 2. The van der Waals surface area contributed by atoms with Gasteiger partial charge in [0.15, 0.2) is 5.69 Å². The second kappa shape index (κ2) is 9.04. The Morgan fingerprint density at radius 1 is 1.14 bits per heavy atom. The number of halogens is 5. The summed E-state index contributed by atoms with van der Waals surface area (Å²) in [6, 6.07) is 10.4. The van der Waals surface area contributed by atoms with Crippen LogP contribution < -0.4 is 0 Å². The number of fused-ring (bicyclic) bond motifs is 1. The van der Waals surface area contributed by atoms with Crippen molar-refractivity contribution in [2.75, 3.05) is 6.61 Å². The predicted molar refractivity (Wildman–Crippen MR) is 118 cm³/mol. The van der Waals surface area contributed by atoms with Gasteiger partial charge < -0.3 is 15.3 Å². The Bertz CT molecular complexity index is 1430. The van der Waals surface area contributed by atoms with Gasteiger partial charge in [0.25, 0.3) is 0 Å². The predicted octanol–water partition coefficient (Wildman–Crippen LogP) is 3.15. The van der Waals surface area contributed by atoms with E-state index in [0.717, 1.165) is 12.1 Å². The van der Waals surface area contributed by atoms with Crippen molar-refractivity contribution in [2.45, 2.75) is 24.4 Å². The highest BCUT2D eigenvalue weighted by Crippen LogP contribution is 2.47. The van der Waals surface area contributed by atoms with E-state index in [0.29, 0.717) is 15.9 Å². The van der Waals surface area contributed by atoms with Crippen LogP contribution in [0, 0.1) is 17.1 Å². The van der Waals surface area contributed by atoms with Crippen LogP contribution in [0.2, 0.25) is 0 Å². The third kappa shape index (κ3) is 4.19. The largest absolute Gasteiger partial charge is 0.427 e. The van der Waals surface area contributed by atoms with Crippen LogP contribution in [0.15, 0.2) is 53.1 Å². The molecule has 0 saturated heterocycles. The zero-order valence-electron chi connectivity index (χ0n) is 17.6. The lowest BCUT2D eigenvalue weighted by Crippen LogP contribution is -2.45. The van der Waals surface area contributed by atoms with E-state index >= 15 is 0 Å².